The lowest BCUT2D eigenvalue weighted by Crippen LogP contribution is -2.24. The summed E-state index contributed by atoms with van der Waals surface area (Å²) in [4.78, 5) is 27.8. The molecule has 20 heavy (non-hydrogen) atoms. The predicted molar refractivity (Wildman–Crippen MR) is 74.2 cm³/mol. The summed E-state index contributed by atoms with van der Waals surface area (Å²) < 4.78 is 0. The maximum atomic E-state index is 12.6. The van der Waals surface area contributed by atoms with Gasteiger partial charge in [-0.2, -0.15) is 5.26 Å². The fourth-order valence-corrected chi connectivity index (χ4v) is 2.59. The Morgan fingerprint density at radius 2 is 2.05 bits per heavy atom. The lowest BCUT2D eigenvalue weighted by atomic mass is 9.91. The summed E-state index contributed by atoms with van der Waals surface area (Å²) in [6.45, 7) is 1.79. The Morgan fingerprint density at radius 1 is 1.35 bits per heavy atom. The Balaban J connectivity index is 2.05. The number of aromatic nitrogens is 1. The molecule has 0 unspecified atom stereocenters. The molecule has 2 aromatic rings. The molecule has 4 heteroatoms. The van der Waals surface area contributed by atoms with E-state index in [2.05, 4.69) is 4.98 Å². The van der Waals surface area contributed by atoms with Crippen LogP contribution < -0.4 is 0 Å². The first-order chi connectivity index (χ1) is 9.63. The number of nitrogens with one attached hydrogen (secondary N) is 1. The number of fused-ring (bicyclic) bond motifs is 1. The number of para-hydroxylation sites is 1. The van der Waals surface area contributed by atoms with Gasteiger partial charge in [-0.1, -0.05) is 18.2 Å². The molecule has 0 amide bonds. The van der Waals surface area contributed by atoms with Crippen molar-refractivity contribution in [3.05, 3.63) is 35.5 Å². The molecule has 1 aromatic carbocycles. The number of aromatic amines is 1. The van der Waals surface area contributed by atoms with Crippen LogP contribution in [0.25, 0.3) is 10.9 Å². The molecule has 0 aliphatic heterocycles. The number of rotatable bonds is 4. The number of carbonyl (C=O) groups is 2. The van der Waals surface area contributed by atoms with Crippen LogP contribution in [0.1, 0.15) is 28.9 Å². The highest BCUT2D eigenvalue weighted by molar-refractivity contribution is 6.19. The number of nitrogens with zero attached hydrogens (tertiary/aromatic N) is 1. The molecular weight excluding hydrogens is 252 g/mol. The summed E-state index contributed by atoms with van der Waals surface area (Å²) >= 11 is 0. The van der Waals surface area contributed by atoms with Crippen LogP contribution in [0.2, 0.25) is 0 Å². The van der Waals surface area contributed by atoms with Gasteiger partial charge in [0.05, 0.1) is 6.07 Å². The number of Topliss-reactive ketones (excluding diaryl/α,β-unsaturated/α-hetero) is 2. The van der Waals surface area contributed by atoms with Gasteiger partial charge in [0.2, 0.25) is 0 Å². The van der Waals surface area contributed by atoms with Gasteiger partial charge in [0.1, 0.15) is 0 Å². The van der Waals surface area contributed by atoms with Gasteiger partial charge >= 0.3 is 0 Å². The number of carbonyl (C=O) groups excluding carboxylic acids is 2. The number of ketones is 2. The largest absolute Gasteiger partial charge is 0.358 e. The highest BCUT2D eigenvalue weighted by Gasteiger charge is 2.39. The van der Waals surface area contributed by atoms with E-state index in [0.29, 0.717) is 11.3 Å². The van der Waals surface area contributed by atoms with Crippen LogP contribution in [0.4, 0.5) is 0 Å². The summed E-state index contributed by atoms with van der Waals surface area (Å²) in [6, 6.07) is 9.33. The zero-order chi connectivity index (χ0) is 14.3. The molecule has 0 bridgehead atoms. The van der Waals surface area contributed by atoms with Crippen LogP contribution in [-0.4, -0.2) is 16.6 Å². The average Bonchev–Trinajstić information content (AvgIpc) is 3.21. The topological polar surface area (TPSA) is 73.7 Å². The zero-order valence-corrected chi connectivity index (χ0v) is 11.1. The average molecular weight is 266 g/mol. The molecule has 1 aromatic heterocycles. The van der Waals surface area contributed by atoms with Gasteiger partial charge in [0.15, 0.2) is 17.5 Å². The van der Waals surface area contributed by atoms with Crippen LogP contribution >= 0.6 is 0 Å². The van der Waals surface area contributed by atoms with Gasteiger partial charge < -0.3 is 4.98 Å². The predicted octanol–water partition coefficient (Wildman–Crippen LogP) is 2.78. The van der Waals surface area contributed by atoms with Crippen LogP contribution in [0.3, 0.4) is 0 Å². The molecule has 3 rings (SSSR count). The quantitative estimate of drug-likeness (QED) is 0.683. The molecule has 1 aliphatic rings. The minimum absolute atomic E-state index is 0.0888. The van der Waals surface area contributed by atoms with Crippen molar-refractivity contribution >= 4 is 22.5 Å². The number of hydrogen-bond acceptors (Lipinski definition) is 3. The van der Waals surface area contributed by atoms with Crippen molar-refractivity contribution in [3.8, 4) is 6.07 Å². The van der Waals surface area contributed by atoms with Gasteiger partial charge in [-0.05, 0) is 25.8 Å². The molecule has 100 valence electrons. The van der Waals surface area contributed by atoms with Crippen LogP contribution in [0, 0.1) is 30.1 Å². The molecule has 1 heterocycles. The smallest absolute Gasteiger partial charge is 0.189 e. The van der Waals surface area contributed by atoms with E-state index in [1.807, 2.05) is 30.3 Å². The molecular formula is C16H14N2O2. The Labute approximate surface area is 116 Å². The van der Waals surface area contributed by atoms with Crippen molar-refractivity contribution in [2.45, 2.75) is 19.8 Å². The molecule has 1 saturated carbocycles. The Morgan fingerprint density at radius 3 is 2.70 bits per heavy atom. The third kappa shape index (κ3) is 1.92. The normalized spacial score (nSPS) is 15.8. The molecule has 1 N–H and O–H groups in total. The van der Waals surface area contributed by atoms with Crippen molar-refractivity contribution in [1.82, 2.24) is 4.98 Å². The molecule has 1 atom stereocenters. The van der Waals surface area contributed by atoms with E-state index in [9.17, 15) is 14.9 Å². The molecule has 4 nitrogen and oxygen atoms in total. The molecule has 0 spiro atoms. The van der Waals surface area contributed by atoms with Gasteiger partial charge in [0, 0.05) is 28.1 Å². The van der Waals surface area contributed by atoms with Crippen LogP contribution in [-0.2, 0) is 4.79 Å². The maximum Gasteiger partial charge on any atom is 0.189 e. The van der Waals surface area contributed by atoms with E-state index in [-0.39, 0.29) is 17.5 Å². The Kier molecular flexibility index (Phi) is 2.90. The van der Waals surface area contributed by atoms with Crippen molar-refractivity contribution in [2.75, 3.05) is 0 Å². The van der Waals surface area contributed by atoms with Crippen LogP contribution in [0.15, 0.2) is 24.3 Å². The SMILES string of the molecule is Cc1[nH]c2ccccc2c1C(=O)[C@@H](C#N)C(=O)C1CC1. The highest BCUT2D eigenvalue weighted by Crippen LogP contribution is 2.34. The zero-order valence-electron chi connectivity index (χ0n) is 11.1. The summed E-state index contributed by atoms with van der Waals surface area (Å²) in [5, 5.41) is 9.98. The standard InChI is InChI=1S/C16H14N2O2/c1-9-14(11-4-2-3-5-13(11)18-9)16(20)12(8-17)15(19)10-6-7-10/h2-5,10,12,18H,6-7H2,1H3/t12-/m0/s1. The minimum Gasteiger partial charge on any atom is -0.358 e. The Bertz CT molecular complexity index is 747. The second kappa shape index (κ2) is 4.61. The fourth-order valence-electron chi connectivity index (χ4n) is 2.59. The number of nitriles is 1. The lowest BCUT2D eigenvalue weighted by molar-refractivity contribution is -0.121. The van der Waals surface area contributed by atoms with Crippen molar-refractivity contribution < 1.29 is 9.59 Å². The maximum absolute atomic E-state index is 12.6. The highest BCUT2D eigenvalue weighted by atomic mass is 16.2. The monoisotopic (exact) mass is 266 g/mol. The van der Waals surface area contributed by atoms with E-state index in [1.54, 1.807) is 6.92 Å². The third-order valence-corrected chi connectivity index (χ3v) is 3.80. The van der Waals surface area contributed by atoms with E-state index >= 15 is 0 Å². The van der Waals surface area contributed by atoms with Crippen molar-refractivity contribution in [3.63, 3.8) is 0 Å². The van der Waals surface area contributed by atoms with E-state index in [4.69, 9.17) is 0 Å². The van der Waals surface area contributed by atoms with Crippen molar-refractivity contribution in [2.24, 2.45) is 11.8 Å². The lowest BCUT2D eigenvalue weighted by Gasteiger charge is -2.06. The van der Waals surface area contributed by atoms with E-state index in [1.165, 1.54) is 0 Å². The van der Waals surface area contributed by atoms with Gasteiger partial charge in [0.25, 0.3) is 0 Å². The molecule has 1 fully saturated rings. The summed E-state index contributed by atoms with van der Waals surface area (Å²) in [5.41, 5.74) is 2.03. The summed E-state index contributed by atoms with van der Waals surface area (Å²) in [6.07, 6.45) is 1.61. The number of H-pyrrole nitrogens is 1. The second-order valence-corrected chi connectivity index (χ2v) is 5.27. The van der Waals surface area contributed by atoms with Crippen molar-refractivity contribution in [1.29, 1.82) is 5.26 Å². The third-order valence-electron chi connectivity index (χ3n) is 3.80. The number of benzene rings is 1. The number of hydrogen-bond donors (Lipinski definition) is 1. The first-order valence-corrected chi connectivity index (χ1v) is 6.68. The van der Waals surface area contributed by atoms with E-state index in [0.717, 1.165) is 23.7 Å². The first kappa shape index (κ1) is 12.6. The fraction of sp³-hybridized carbons (Fsp3) is 0.312. The van der Waals surface area contributed by atoms with Gasteiger partial charge in [-0.15, -0.1) is 0 Å². The molecule has 0 saturated heterocycles. The molecule has 1 aliphatic carbocycles. The Hall–Kier alpha value is -2.41. The van der Waals surface area contributed by atoms with Gasteiger partial charge in [-0.25, -0.2) is 0 Å². The summed E-state index contributed by atoms with van der Waals surface area (Å²) in [7, 11) is 0. The second-order valence-electron chi connectivity index (χ2n) is 5.27. The van der Waals surface area contributed by atoms with Crippen LogP contribution in [0.5, 0.6) is 0 Å². The van der Waals surface area contributed by atoms with Gasteiger partial charge in [-0.3, -0.25) is 9.59 Å². The summed E-state index contributed by atoms with van der Waals surface area (Å²) in [5.74, 6) is -1.85. The minimum atomic E-state index is -1.17. The van der Waals surface area contributed by atoms with E-state index < -0.39 is 5.92 Å². The number of aryl methyl sites for hydroxylation is 1. The first-order valence-electron chi connectivity index (χ1n) is 6.68. The molecule has 0 radical (unpaired) electrons.